The minimum absolute atomic E-state index is 0.143. The predicted octanol–water partition coefficient (Wildman–Crippen LogP) is 5.27. The van der Waals surface area contributed by atoms with Gasteiger partial charge >= 0.3 is 0 Å². The van der Waals surface area contributed by atoms with Crippen LogP contribution >= 0.6 is 23.4 Å². The number of benzene rings is 1. The summed E-state index contributed by atoms with van der Waals surface area (Å²) in [6.45, 7) is 2.65. The Labute approximate surface area is 199 Å². The zero-order valence-electron chi connectivity index (χ0n) is 17.7. The van der Waals surface area contributed by atoms with Gasteiger partial charge in [-0.05, 0) is 48.9 Å². The summed E-state index contributed by atoms with van der Waals surface area (Å²) in [5.41, 5.74) is 1.73. The van der Waals surface area contributed by atoms with E-state index in [0.717, 1.165) is 11.3 Å². The number of hydrogen-bond donors (Lipinski definition) is 0. The molecule has 33 heavy (non-hydrogen) atoms. The summed E-state index contributed by atoms with van der Waals surface area (Å²) in [5.74, 6) is 1.98. The molecule has 8 nitrogen and oxygen atoms in total. The molecule has 1 atom stereocenters. The summed E-state index contributed by atoms with van der Waals surface area (Å²) in [6.07, 6.45) is 3.75. The quantitative estimate of drug-likeness (QED) is 0.334. The first-order valence-electron chi connectivity index (χ1n) is 10.4. The van der Waals surface area contributed by atoms with Crippen LogP contribution < -0.4 is 0 Å². The number of amides is 1. The fraction of sp³-hybridized carbons (Fsp3) is 0.217. The number of thioether (sulfide) groups is 1. The van der Waals surface area contributed by atoms with Crippen LogP contribution in [0.5, 0.6) is 0 Å². The molecule has 1 aromatic carbocycles. The predicted molar refractivity (Wildman–Crippen MR) is 125 cm³/mol. The summed E-state index contributed by atoms with van der Waals surface area (Å²) < 4.78 is 13.0. The highest BCUT2D eigenvalue weighted by atomic mass is 35.5. The van der Waals surface area contributed by atoms with E-state index in [1.807, 2.05) is 54.0 Å². The Kier molecular flexibility index (Phi) is 6.06. The van der Waals surface area contributed by atoms with Crippen LogP contribution in [0.4, 0.5) is 0 Å². The first-order chi connectivity index (χ1) is 16.1. The Morgan fingerprint density at radius 2 is 1.91 bits per heavy atom. The smallest absolute Gasteiger partial charge is 0.253 e. The number of carbonyl (C=O) groups is 1. The third kappa shape index (κ3) is 4.34. The molecule has 0 spiro atoms. The molecule has 1 aliphatic rings. The monoisotopic (exact) mass is 481 g/mol. The number of hydrogen-bond acceptors (Lipinski definition) is 7. The van der Waals surface area contributed by atoms with Crippen molar-refractivity contribution in [3.63, 3.8) is 0 Å². The highest BCUT2D eigenvalue weighted by Crippen LogP contribution is 2.34. The first kappa shape index (κ1) is 21.5. The molecule has 4 aromatic rings. The second-order valence-corrected chi connectivity index (χ2v) is 8.72. The van der Waals surface area contributed by atoms with Crippen LogP contribution in [0.15, 0.2) is 80.1 Å². The highest BCUT2D eigenvalue weighted by molar-refractivity contribution is 7.99. The molecule has 0 bridgehead atoms. The van der Waals surface area contributed by atoms with Gasteiger partial charge in [-0.2, -0.15) is 5.10 Å². The van der Waals surface area contributed by atoms with Gasteiger partial charge in [-0.25, -0.2) is 5.01 Å². The molecule has 5 rings (SSSR count). The second-order valence-electron chi connectivity index (χ2n) is 7.34. The Morgan fingerprint density at radius 1 is 1.12 bits per heavy atom. The molecule has 1 amide bonds. The van der Waals surface area contributed by atoms with Crippen molar-refractivity contribution in [3.05, 3.63) is 77.4 Å². The third-order valence-electron chi connectivity index (χ3n) is 5.31. The molecule has 3 aromatic heterocycles. The highest BCUT2D eigenvalue weighted by Gasteiger charge is 2.35. The lowest BCUT2D eigenvalue weighted by Gasteiger charge is -2.19. The minimum atomic E-state index is -0.304. The van der Waals surface area contributed by atoms with Crippen molar-refractivity contribution in [1.29, 1.82) is 0 Å². The van der Waals surface area contributed by atoms with Crippen molar-refractivity contribution < 1.29 is 13.6 Å². The average Bonchev–Trinajstić information content (AvgIpc) is 3.62. The van der Waals surface area contributed by atoms with E-state index in [0.29, 0.717) is 40.5 Å². The molecule has 0 aliphatic carbocycles. The molecule has 168 valence electrons. The molecule has 0 radical (unpaired) electrons. The van der Waals surface area contributed by atoms with Gasteiger partial charge in [-0.1, -0.05) is 35.5 Å². The fourth-order valence-corrected chi connectivity index (χ4v) is 4.70. The zero-order chi connectivity index (χ0) is 22.8. The van der Waals surface area contributed by atoms with Gasteiger partial charge in [0.25, 0.3) is 5.91 Å². The molecule has 0 unspecified atom stereocenters. The van der Waals surface area contributed by atoms with Gasteiger partial charge < -0.3 is 8.83 Å². The van der Waals surface area contributed by atoms with Crippen LogP contribution in [0.3, 0.4) is 0 Å². The Balaban J connectivity index is 1.36. The fourth-order valence-electron chi connectivity index (χ4n) is 3.72. The summed E-state index contributed by atoms with van der Waals surface area (Å²) in [5, 5.41) is 16.0. The lowest BCUT2D eigenvalue weighted by Crippen LogP contribution is -2.28. The normalized spacial score (nSPS) is 15.8. The SMILES string of the molecule is CCn1c(SCC(=O)N2N=C(c3ccc(Cl)cc3)C[C@H]2c2ccco2)nnc1-c1ccco1. The number of nitrogens with zero attached hydrogens (tertiary/aromatic N) is 5. The maximum Gasteiger partial charge on any atom is 0.253 e. The standard InChI is InChI=1S/C23H20ClN5O3S/c1-2-28-22(20-6-4-12-32-20)25-26-23(28)33-14-21(30)29-18(19-5-3-11-31-19)13-17(27-29)15-7-9-16(24)10-8-15/h3-12,18H,2,13-14H2,1H3/t18-/m0/s1. The molecular formula is C23H20ClN5O3S. The number of carbonyl (C=O) groups excluding carboxylic acids is 1. The van der Waals surface area contributed by atoms with Gasteiger partial charge in [0.05, 0.1) is 24.0 Å². The largest absolute Gasteiger partial charge is 0.467 e. The maximum atomic E-state index is 13.2. The van der Waals surface area contributed by atoms with Crippen molar-refractivity contribution in [1.82, 2.24) is 19.8 Å². The van der Waals surface area contributed by atoms with E-state index in [4.69, 9.17) is 20.4 Å². The minimum Gasteiger partial charge on any atom is -0.467 e. The molecule has 0 N–H and O–H groups in total. The summed E-state index contributed by atoms with van der Waals surface area (Å²) in [4.78, 5) is 13.2. The lowest BCUT2D eigenvalue weighted by atomic mass is 10.0. The molecule has 0 fully saturated rings. The second kappa shape index (κ2) is 9.29. The van der Waals surface area contributed by atoms with Crippen LogP contribution in [0.1, 0.15) is 30.7 Å². The molecular weight excluding hydrogens is 462 g/mol. The van der Waals surface area contributed by atoms with Crippen LogP contribution in [0.2, 0.25) is 5.02 Å². The number of furan rings is 2. The van der Waals surface area contributed by atoms with Gasteiger partial charge in [0.1, 0.15) is 11.8 Å². The zero-order valence-corrected chi connectivity index (χ0v) is 19.3. The van der Waals surface area contributed by atoms with Crippen LogP contribution in [0.25, 0.3) is 11.6 Å². The van der Waals surface area contributed by atoms with Crippen molar-refractivity contribution in [3.8, 4) is 11.6 Å². The van der Waals surface area contributed by atoms with Crippen LogP contribution in [-0.2, 0) is 11.3 Å². The first-order valence-corrected chi connectivity index (χ1v) is 11.8. The summed E-state index contributed by atoms with van der Waals surface area (Å²) >= 11 is 7.35. The third-order valence-corrected chi connectivity index (χ3v) is 6.52. The average molecular weight is 482 g/mol. The topological polar surface area (TPSA) is 89.7 Å². The van der Waals surface area contributed by atoms with E-state index >= 15 is 0 Å². The van der Waals surface area contributed by atoms with Crippen molar-refractivity contribution in [2.24, 2.45) is 5.10 Å². The molecule has 4 heterocycles. The number of hydrazone groups is 1. The van der Waals surface area contributed by atoms with Crippen molar-refractivity contribution >= 4 is 35.0 Å². The lowest BCUT2D eigenvalue weighted by molar-refractivity contribution is -0.130. The number of rotatable bonds is 7. The van der Waals surface area contributed by atoms with E-state index < -0.39 is 0 Å². The molecule has 0 saturated carbocycles. The van der Waals surface area contributed by atoms with Gasteiger partial charge in [-0.15, -0.1) is 10.2 Å². The van der Waals surface area contributed by atoms with Gasteiger partial charge in [-0.3, -0.25) is 9.36 Å². The number of aromatic nitrogens is 3. The van der Waals surface area contributed by atoms with E-state index in [9.17, 15) is 4.79 Å². The van der Waals surface area contributed by atoms with E-state index in [2.05, 4.69) is 15.3 Å². The van der Waals surface area contributed by atoms with E-state index in [-0.39, 0.29) is 17.7 Å². The van der Waals surface area contributed by atoms with Crippen molar-refractivity contribution in [2.45, 2.75) is 31.1 Å². The summed E-state index contributed by atoms with van der Waals surface area (Å²) in [7, 11) is 0. The molecule has 10 heteroatoms. The Hall–Kier alpha value is -3.30. The molecule has 0 saturated heterocycles. The summed E-state index contributed by atoms with van der Waals surface area (Å²) in [6, 6.07) is 14.5. The maximum absolute atomic E-state index is 13.2. The van der Waals surface area contributed by atoms with Gasteiger partial charge in [0, 0.05) is 18.0 Å². The molecule has 1 aliphatic heterocycles. The van der Waals surface area contributed by atoms with Gasteiger partial charge in [0.15, 0.2) is 16.7 Å². The van der Waals surface area contributed by atoms with Crippen LogP contribution in [-0.4, -0.2) is 37.1 Å². The van der Waals surface area contributed by atoms with E-state index in [1.54, 1.807) is 18.6 Å². The van der Waals surface area contributed by atoms with Gasteiger partial charge in [0.2, 0.25) is 0 Å². The Morgan fingerprint density at radius 3 is 2.61 bits per heavy atom. The number of halogens is 1. The van der Waals surface area contributed by atoms with Crippen molar-refractivity contribution in [2.75, 3.05) is 5.75 Å². The Bertz CT molecular complexity index is 1270. The van der Waals surface area contributed by atoms with E-state index in [1.165, 1.54) is 16.8 Å². The van der Waals surface area contributed by atoms with Crippen LogP contribution in [0, 0.1) is 0 Å².